The van der Waals surface area contributed by atoms with Crippen LogP contribution >= 0.6 is 7.82 Å². The fraction of sp³-hybridized carbons (Fsp3) is 0.787. The maximum atomic E-state index is 12.7. The lowest BCUT2D eigenvalue weighted by Crippen LogP contribution is -2.37. The van der Waals surface area contributed by atoms with Gasteiger partial charge >= 0.3 is 11.9 Å². The monoisotopic (exact) mass is 824 g/mol. The van der Waals surface area contributed by atoms with Crippen LogP contribution in [0.5, 0.6) is 0 Å². The molecule has 10 heteroatoms. The molecule has 0 saturated carbocycles. The summed E-state index contributed by atoms with van der Waals surface area (Å²) in [5, 5.41) is 0. The van der Waals surface area contributed by atoms with E-state index in [0.717, 1.165) is 57.8 Å². The van der Waals surface area contributed by atoms with Gasteiger partial charge in [0, 0.05) is 12.8 Å². The lowest BCUT2D eigenvalue weighted by molar-refractivity contribution is -0.870. The molecule has 0 radical (unpaired) electrons. The third-order valence-corrected chi connectivity index (χ3v) is 10.6. The first-order valence-corrected chi connectivity index (χ1v) is 24.3. The Kier molecular flexibility index (Phi) is 38.0. The van der Waals surface area contributed by atoms with Crippen LogP contribution in [0.15, 0.2) is 48.6 Å². The van der Waals surface area contributed by atoms with Gasteiger partial charge in [0.1, 0.15) is 19.8 Å². The van der Waals surface area contributed by atoms with E-state index >= 15 is 0 Å². The molecule has 0 N–H and O–H groups in total. The molecular weight excluding hydrogens is 737 g/mol. The highest BCUT2D eigenvalue weighted by Crippen LogP contribution is 2.38. The number of hydrogen-bond donors (Lipinski definition) is 0. The van der Waals surface area contributed by atoms with Crippen LogP contribution < -0.4 is 4.89 Å². The van der Waals surface area contributed by atoms with Crippen LogP contribution in [-0.4, -0.2) is 70.0 Å². The topological polar surface area (TPSA) is 111 Å². The number of nitrogens with zero attached hydrogens (tertiary/aromatic N) is 1. The molecule has 0 fully saturated rings. The molecule has 0 aromatic carbocycles. The van der Waals surface area contributed by atoms with E-state index in [2.05, 4.69) is 62.5 Å². The number of phosphoric ester groups is 1. The molecule has 9 nitrogen and oxygen atoms in total. The van der Waals surface area contributed by atoms with E-state index in [0.29, 0.717) is 17.4 Å². The molecule has 0 heterocycles. The number of unbranched alkanes of at least 4 members (excludes halogenated alkanes) is 19. The second kappa shape index (κ2) is 39.4. The Labute approximate surface area is 350 Å². The molecule has 0 aliphatic heterocycles. The van der Waals surface area contributed by atoms with Gasteiger partial charge in [0.15, 0.2) is 6.10 Å². The molecular formula is C47H86NO8P. The van der Waals surface area contributed by atoms with E-state index in [1.807, 2.05) is 21.1 Å². The number of phosphoric acid groups is 1. The van der Waals surface area contributed by atoms with Gasteiger partial charge in [-0.3, -0.25) is 14.2 Å². The quantitative estimate of drug-likeness (QED) is 0.0197. The van der Waals surface area contributed by atoms with Crippen LogP contribution in [0.25, 0.3) is 0 Å². The van der Waals surface area contributed by atoms with Crippen molar-refractivity contribution in [2.75, 3.05) is 47.5 Å². The Balaban J connectivity index is 4.36. The van der Waals surface area contributed by atoms with Crippen LogP contribution in [0.3, 0.4) is 0 Å². The van der Waals surface area contributed by atoms with Gasteiger partial charge in [-0.2, -0.15) is 0 Å². The number of allylic oxidation sites excluding steroid dienone is 8. The number of carbonyl (C=O) groups is 2. The SMILES string of the molecule is CC/C=C\C/C=C\C/C=C\C/C=C\CCCCC(=O)O[C@H](COC(=O)CCCCCCCCCCCCCCCCCCCC)COP(=O)([O-])OCC[N+](C)(C)C. The van der Waals surface area contributed by atoms with E-state index in [-0.39, 0.29) is 26.1 Å². The van der Waals surface area contributed by atoms with Crippen LogP contribution in [0.2, 0.25) is 0 Å². The molecule has 0 aromatic heterocycles. The first-order chi connectivity index (χ1) is 27.5. The predicted molar refractivity (Wildman–Crippen MR) is 236 cm³/mol. The van der Waals surface area contributed by atoms with Gasteiger partial charge in [0.2, 0.25) is 0 Å². The standard InChI is InChI=1S/C47H86NO8P/c1-6-8-10-12-14-16-18-20-22-23-24-26-27-29-31-33-35-37-39-46(49)53-43-45(44-55-57(51,52)54-42-41-48(3,4)5)56-47(50)40-38-36-34-32-30-28-25-21-19-17-15-13-11-9-7-2/h9,11,15,17,21,25,30,32,45H,6-8,10,12-14,16,18-20,22-24,26-29,31,33-44H2,1-5H3/b11-9-,17-15-,25-21-,32-30-/t45-/m1/s1. The van der Waals surface area contributed by atoms with Gasteiger partial charge in [-0.05, 0) is 51.4 Å². The van der Waals surface area contributed by atoms with Crippen molar-refractivity contribution >= 4 is 19.8 Å². The molecule has 57 heavy (non-hydrogen) atoms. The Hall–Kier alpha value is -2.03. The van der Waals surface area contributed by atoms with Crippen LogP contribution in [-0.2, 0) is 32.7 Å². The van der Waals surface area contributed by atoms with Gasteiger partial charge in [-0.25, -0.2) is 0 Å². The molecule has 332 valence electrons. The second-order valence-electron chi connectivity index (χ2n) is 16.4. The maximum Gasteiger partial charge on any atom is 0.306 e. The van der Waals surface area contributed by atoms with Crippen molar-refractivity contribution in [1.82, 2.24) is 0 Å². The zero-order valence-corrected chi connectivity index (χ0v) is 38.2. The summed E-state index contributed by atoms with van der Waals surface area (Å²) in [4.78, 5) is 37.5. The fourth-order valence-electron chi connectivity index (χ4n) is 6.06. The van der Waals surface area contributed by atoms with Crippen molar-refractivity contribution in [1.29, 1.82) is 0 Å². The average Bonchev–Trinajstić information content (AvgIpc) is 3.16. The molecule has 0 rings (SSSR count). The molecule has 1 unspecified atom stereocenters. The van der Waals surface area contributed by atoms with Crippen molar-refractivity contribution in [3.63, 3.8) is 0 Å². The molecule has 0 bridgehead atoms. The minimum atomic E-state index is -4.64. The zero-order valence-electron chi connectivity index (χ0n) is 37.3. The number of ether oxygens (including phenoxy) is 2. The predicted octanol–water partition coefficient (Wildman–Crippen LogP) is 12.4. The minimum Gasteiger partial charge on any atom is -0.756 e. The van der Waals surface area contributed by atoms with Crippen LogP contribution in [0.1, 0.15) is 187 Å². The van der Waals surface area contributed by atoms with Crippen molar-refractivity contribution in [3.05, 3.63) is 48.6 Å². The second-order valence-corrected chi connectivity index (χ2v) is 17.8. The van der Waals surface area contributed by atoms with Crippen molar-refractivity contribution in [3.8, 4) is 0 Å². The van der Waals surface area contributed by atoms with Crippen LogP contribution in [0.4, 0.5) is 0 Å². The molecule has 0 aliphatic rings. The van der Waals surface area contributed by atoms with Gasteiger partial charge in [0.25, 0.3) is 7.82 Å². The van der Waals surface area contributed by atoms with E-state index < -0.39 is 32.5 Å². The smallest absolute Gasteiger partial charge is 0.306 e. The summed E-state index contributed by atoms with van der Waals surface area (Å²) >= 11 is 0. The Morgan fingerprint density at radius 1 is 0.561 bits per heavy atom. The molecule has 0 aliphatic carbocycles. The van der Waals surface area contributed by atoms with Gasteiger partial charge in [-0.1, -0.05) is 172 Å². The number of likely N-dealkylation sites (N-methyl/N-ethyl adjacent to an activating group) is 1. The summed E-state index contributed by atoms with van der Waals surface area (Å²) in [6, 6.07) is 0. The normalized spacial score (nSPS) is 14.0. The van der Waals surface area contributed by atoms with E-state index in [1.54, 1.807) is 0 Å². The van der Waals surface area contributed by atoms with Crippen LogP contribution in [0, 0.1) is 0 Å². The molecule has 2 atom stereocenters. The number of quaternary nitrogens is 1. The van der Waals surface area contributed by atoms with E-state index in [4.69, 9.17) is 18.5 Å². The molecule has 0 amide bonds. The minimum absolute atomic E-state index is 0.0393. The van der Waals surface area contributed by atoms with Crippen molar-refractivity contribution in [2.24, 2.45) is 0 Å². The summed E-state index contributed by atoms with van der Waals surface area (Å²) in [5.74, 6) is -0.880. The van der Waals surface area contributed by atoms with Gasteiger partial charge in [-0.15, -0.1) is 0 Å². The highest BCUT2D eigenvalue weighted by atomic mass is 31.2. The number of carbonyl (C=O) groups excluding carboxylic acids is 2. The average molecular weight is 824 g/mol. The summed E-state index contributed by atoms with van der Waals surface area (Å²) < 4.78 is 33.9. The molecule has 0 saturated heterocycles. The summed E-state index contributed by atoms with van der Waals surface area (Å²) in [5.41, 5.74) is 0. The fourth-order valence-corrected chi connectivity index (χ4v) is 6.79. The van der Waals surface area contributed by atoms with E-state index in [1.165, 1.54) is 96.3 Å². The summed E-state index contributed by atoms with van der Waals surface area (Å²) in [6.07, 6.45) is 45.7. The van der Waals surface area contributed by atoms with Gasteiger partial charge < -0.3 is 27.9 Å². The summed E-state index contributed by atoms with van der Waals surface area (Å²) in [7, 11) is 1.14. The first kappa shape index (κ1) is 55.0. The zero-order chi connectivity index (χ0) is 42.1. The molecule has 0 spiro atoms. The Morgan fingerprint density at radius 3 is 1.49 bits per heavy atom. The van der Waals surface area contributed by atoms with Crippen molar-refractivity contribution in [2.45, 2.75) is 193 Å². The summed E-state index contributed by atoms with van der Waals surface area (Å²) in [6.45, 7) is 4.07. The highest BCUT2D eigenvalue weighted by Gasteiger charge is 2.21. The number of rotatable bonds is 41. The highest BCUT2D eigenvalue weighted by molar-refractivity contribution is 7.45. The molecule has 0 aromatic rings. The van der Waals surface area contributed by atoms with Gasteiger partial charge in [0.05, 0.1) is 27.7 Å². The third kappa shape index (κ3) is 43.4. The number of hydrogen-bond acceptors (Lipinski definition) is 8. The number of esters is 2. The first-order valence-electron chi connectivity index (χ1n) is 22.8. The van der Waals surface area contributed by atoms with E-state index in [9.17, 15) is 19.0 Å². The van der Waals surface area contributed by atoms with Crippen molar-refractivity contribution < 1.29 is 42.1 Å². The lowest BCUT2D eigenvalue weighted by atomic mass is 10.0. The maximum absolute atomic E-state index is 12.7. The Bertz CT molecular complexity index is 1110. The Morgan fingerprint density at radius 2 is 1.00 bits per heavy atom. The lowest BCUT2D eigenvalue weighted by Gasteiger charge is -2.28. The third-order valence-electron chi connectivity index (χ3n) is 9.61. The largest absolute Gasteiger partial charge is 0.756 e.